The van der Waals surface area contributed by atoms with Crippen molar-refractivity contribution in [1.29, 1.82) is 0 Å². The maximum absolute atomic E-state index is 10.7. The van der Waals surface area contributed by atoms with Gasteiger partial charge in [0.2, 0.25) is 10.0 Å². The highest BCUT2D eigenvalue weighted by Gasteiger charge is 2.04. The molecule has 0 unspecified atom stereocenters. The molecule has 0 aromatic heterocycles. The van der Waals surface area contributed by atoms with Crippen LogP contribution in [0.15, 0.2) is 65.1 Å². The summed E-state index contributed by atoms with van der Waals surface area (Å²) >= 11 is 0. The van der Waals surface area contributed by atoms with Crippen LogP contribution in [0.3, 0.4) is 0 Å². The lowest BCUT2D eigenvalue weighted by Crippen LogP contribution is -2.11. The molecule has 0 aliphatic carbocycles. The van der Waals surface area contributed by atoms with E-state index in [1.54, 1.807) is 12.1 Å². The molecule has 2 aromatic carbocycles. The molecule has 0 radical (unpaired) electrons. The molecule has 0 heterocycles. The van der Waals surface area contributed by atoms with Gasteiger partial charge < -0.3 is 0 Å². The van der Waals surface area contributed by atoms with Gasteiger partial charge in [-0.1, -0.05) is 53.6 Å². The summed E-state index contributed by atoms with van der Waals surface area (Å²) in [5.74, 6) is 0. The largest absolute Gasteiger partial charge is 0.238 e. The van der Waals surface area contributed by atoms with Crippen molar-refractivity contribution in [1.82, 2.24) is 0 Å². The average Bonchev–Trinajstić information content (AvgIpc) is 2.57. The standard InChI is InChI=1S/C15H20.C7H9NO2S/c1-6-11(2)9-14(5)15-8-7-12(3)13(4)10-15;1-6-2-4-7(5-3-6)11(8,9)10/h6-10H,1-5H3;2-5H,1H3,(H2,8,9,10)/b11-6-,14-9+;. The highest BCUT2D eigenvalue weighted by atomic mass is 32.2. The van der Waals surface area contributed by atoms with Crippen LogP contribution in [0.25, 0.3) is 5.57 Å². The second-order valence-corrected chi connectivity index (χ2v) is 8.08. The van der Waals surface area contributed by atoms with E-state index in [0.29, 0.717) is 0 Å². The molecule has 3 nitrogen and oxygen atoms in total. The van der Waals surface area contributed by atoms with Crippen LogP contribution in [0.5, 0.6) is 0 Å². The molecular formula is C22H29NO2S. The molecule has 0 bridgehead atoms. The fraction of sp³-hybridized carbons (Fsp3) is 0.273. The van der Waals surface area contributed by atoms with Crippen molar-refractivity contribution >= 4 is 15.6 Å². The van der Waals surface area contributed by atoms with Crippen molar-refractivity contribution in [3.05, 3.63) is 82.4 Å². The number of hydrogen-bond donors (Lipinski definition) is 1. The van der Waals surface area contributed by atoms with Crippen LogP contribution < -0.4 is 5.14 Å². The Kier molecular flexibility index (Phi) is 8.00. The zero-order valence-corrected chi connectivity index (χ0v) is 17.3. The second-order valence-electron chi connectivity index (χ2n) is 6.52. The van der Waals surface area contributed by atoms with Gasteiger partial charge in [-0.2, -0.15) is 0 Å². The topological polar surface area (TPSA) is 60.2 Å². The van der Waals surface area contributed by atoms with Crippen molar-refractivity contribution in [3.63, 3.8) is 0 Å². The first-order valence-corrected chi connectivity index (χ1v) is 10.1. The van der Waals surface area contributed by atoms with E-state index in [-0.39, 0.29) is 4.90 Å². The monoisotopic (exact) mass is 371 g/mol. The van der Waals surface area contributed by atoms with E-state index in [9.17, 15) is 8.42 Å². The molecule has 0 atom stereocenters. The molecule has 0 saturated heterocycles. The Balaban J connectivity index is 0.000000273. The van der Waals surface area contributed by atoms with Gasteiger partial charge in [0.25, 0.3) is 0 Å². The van der Waals surface area contributed by atoms with Gasteiger partial charge >= 0.3 is 0 Å². The fourth-order valence-corrected chi connectivity index (χ4v) is 2.74. The van der Waals surface area contributed by atoms with Crippen LogP contribution in [0.4, 0.5) is 0 Å². The molecule has 4 heteroatoms. The predicted molar refractivity (Wildman–Crippen MR) is 112 cm³/mol. The molecule has 0 spiro atoms. The zero-order valence-electron chi connectivity index (χ0n) is 16.5. The van der Waals surface area contributed by atoms with E-state index in [0.717, 1.165) is 5.56 Å². The van der Waals surface area contributed by atoms with Crippen molar-refractivity contribution in [2.75, 3.05) is 0 Å². The zero-order chi connectivity index (χ0) is 19.9. The third-order valence-corrected chi connectivity index (χ3v) is 5.14. The Labute approximate surface area is 158 Å². The van der Waals surface area contributed by atoms with E-state index in [2.05, 4.69) is 65.0 Å². The van der Waals surface area contributed by atoms with Gasteiger partial charge in [0.15, 0.2) is 0 Å². The van der Waals surface area contributed by atoms with Gasteiger partial charge in [0.05, 0.1) is 4.90 Å². The number of aryl methyl sites for hydroxylation is 3. The lowest BCUT2D eigenvalue weighted by molar-refractivity contribution is 0.598. The highest BCUT2D eigenvalue weighted by Crippen LogP contribution is 2.19. The Bertz CT molecular complexity index is 906. The molecule has 140 valence electrons. The summed E-state index contributed by atoms with van der Waals surface area (Å²) in [4.78, 5) is 0.156. The van der Waals surface area contributed by atoms with Crippen molar-refractivity contribution in [3.8, 4) is 0 Å². The molecule has 0 aliphatic rings. The molecule has 2 N–H and O–H groups in total. The smallest absolute Gasteiger partial charge is 0.225 e. The van der Waals surface area contributed by atoms with E-state index < -0.39 is 10.0 Å². The van der Waals surface area contributed by atoms with Gasteiger partial charge in [-0.3, -0.25) is 0 Å². The van der Waals surface area contributed by atoms with Crippen molar-refractivity contribution in [2.45, 2.75) is 46.4 Å². The first-order chi connectivity index (χ1) is 12.0. The highest BCUT2D eigenvalue weighted by molar-refractivity contribution is 7.89. The normalized spacial score (nSPS) is 12.4. The lowest BCUT2D eigenvalue weighted by Gasteiger charge is -2.06. The maximum Gasteiger partial charge on any atom is 0.238 e. The molecule has 0 saturated carbocycles. The maximum atomic E-state index is 10.7. The third kappa shape index (κ3) is 6.98. The number of hydrogen-bond acceptors (Lipinski definition) is 2. The van der Waals surface area contributed by atoms with Crippen LogP contribution in [-0.2, 0) is 10.0 Å². The minimum Gasteiger partial charge on any atom is -0.225 e. The Morgan fingerprint density at radius 3 is 1.96 bits per heavy atom. The summed E-state index contributed by atoms with van der Waals surface area (Å²) in [5.41, 5.74) is 7.68. The third-order valence-electron chi connectivity index (χ3n) is 4.21. The number of primary sulfonamides is 1. The van der Waals surface area contributed by atoms with E-state index in [1.165, 1.54) is 40.0 Å². The van der Waals surface area contributed by atoms with Crippen LogP contribution in [0, 0.1) is 20.8 Å². The summed E-state index contributed by atoms with van der Waals surface area (Å²) in [7, 11) is -3.52. The van der Waals surface area contributed by atoms with Crippen LogP contribution in [0.2, 0.25) is 0 Å². The van der Waals surface area contributed by atoms with Crippen LogP contribution in [-0.4, -0.2) is 8.42 Å². The summed E-state index contributed by atoms with van der Waals surface area (Å²) in [6.45, 7) is 12.6. The van der Waals surface area contributed by atoms with Gasteiger partial charge in [-0.15, -0.1) is 0 Å². The number of allylic oxidation sites excluding steroid dienone is 4. The summed E-state index contributed by atoms with van der Waals surface area (Å²) < 4.78 is 21.4. The van der Waals surface area contributed by atoms with E-state index >= 15 is 0 Å². The molecule has 2 aromatic rings. The minimum atomic E-state index is -3.52. The van der Waals surface area contributed by atoms with Crippen LogP contribution in [0.1, 0.15) is 43.0 Å². The van der Waals surface area contributed by atoms with Gasteiger partial charge in [-0.05, 0) is 75.9 Å². The number of nitrogens with two attached hydrogens (primary N) is 1. The first-order valence-electron chi connectivity index (χ1n) is 8.53. The predicted octanol–water partition coefficient (Wildman–Crippen LogP) is 5.32. The van der Waals surface area contributed by atoms with E-state index in [4.69, 9.17) is 5.14 Å². The molecule has 0 aliphatic heterocycles. The second kappa shape index (κ2) is 9.51. The minimum absolute atomic E-state index is 0.156. The van der Waals surface area contributed by atoms with Crippen LogP contribution >= 0.6 is 0 Å². The summed E-state index contributed by atoms with van der Waals surface area (Å²) in [5, 5.41) is 4.88. The Morgan fingerprint density at radius 2 is 1.50 bits per heavy atom. The quantitative estimate of drug-likeness (QED) is 0.743. The molecule has 0 fully saturated rings. The first kappa shape index (κ1) is 21.9. The number of sulfonamides is 1. The van der Waals surface area contributed by atoms with Gasteiger partial charge in [-0.25, -0.2) is 13.6 Å². The molecule has 2 rings (SSSR count). The summed E-state index contributed by atoms with van der Waals surface area (Å²) in [6, 6.07) is 13.0. The van der Waals surface area contributed by atoms with E-state index in [1.807, 2.05) is 6.92 Å². The van der Waals surface area contributed by atoms with Gasteiger partial charge in [0, 0.05) is 0 Å². The molecule has 0 amide bonds. The number of benzene rings is 2. The Morgan fingerprint density at radius 1 is 0.923 bits per heavy atom. The summed E-state index contributed by atoms with van der Waals surface area (Å²) in [6.07, 6.45) is 4.36. The fourth-order valence-electron chi connectivity index (χ4n) is 2.22. The lowest BCUT2D eigenvalue weighted by atomic mass is 10.00. The van der Waals surface area contributed by atoms with Crippen molar-refractivity contribution < 1.29 is 8.42 Å². The molecule has 26 heavy (non-hydrogen) atoms. The average molecular weight is 372 g/mol. The molecular weight excluding hydrogens is 342 g/mol. The number of rotatable bonds is 3. The van der Waals surface area contributed by atoms with Crippen molar-refractivity contribution in [2.24, 2.45) is 5.14 Å². The SMILES string of the molecule is C/C=C(C)\C=C(/C)c1ccc(C)c(C)c1.Cc1ccc(S(N)(=O)=O)cc1. The van der Waals surface area contributed by atoms with Gasteiger partial charge in [0.1, 0.15) is 0 Å². The Hall–Kier alpha value is -2.17.